The Morgan fingerprint density at radius 3 is 2.32 bits per heavy atom. The van der Waals surface area contributed by atoms with Gasteiger partial charge in [0.15, 0.2) is 0 Å². The molecule has 0 fully saturated rings. The number of hydrogen-bond acceptors (Lipinski definition) is 4. The fourth-order valence-electron chi connectivity index (χ4n) is 2.93. The van der Waals surface area contributed by atoms with Crippen LogP contribution < -0.4 is 15.5 Å². The van der Waals surface area contributed by atoms with Crippen LogP contribution in [0.15, 0.2) is 108 Å². The van der Waals surface area contributed by atoms with Crippen LogP contribution in [0.5, 0.6) is 5.75 Å². The van der Waals surface area contributed by atoms with E-state index in [1.807, 2.05) is 73.7 Å². The van der Waals surface area contributed by atoms with E-state index in [-0.39, 0.29) is 5.70 Å². The molecule has 0 aliphatic rings. The molecule has 2 N–H and O–H groups in total. The molecule has 3 aromatic carbocycles. The monoisotopic (exact) mass is 453 g/mol. The predicted molar refractivity (Wildman–Crippen MR) is 135 cm³/mol. The SMILES string of the molecule is CCCOc1ccccc1C=NNC(=O)/C(=C/C=C/c1ccccc1)NC(=O)c1ccccc1. The highest BCUT2D eigenvalue weighted by molar-refractivity contribution is 6.03. The van der Waals surface area contributed by atoms with E-state index in [0.717, 1.165) is 17.5 Å². The van der Waals surface area contributed by atoms with Gasteiger partial charge in [-0.25, -0.2) is 5.43 Å². The number of carbonyl (C=O) groups excluding carboxylic acids is 2. The molecule has 0 heterocycles. The maximum absolute atomic E-state index is 12.8. The summed E-state index contributed by atoms with van der Waals surface area (Å²) in [5.74, 6) is -0.260. The second kappa shape index (κ2) is 13.2. The Balaban J connectivity index is 1.75. The van der Waals surface area contributed by atoms with Crippen LogP contribution in [0.2, 0.25) is 0 Å². The highest BCUT2D eigenvalue weighted by Gasteiger charge is 2.13. The number of para-hydroxylation sites is 1. The first kappa shape index (κ1) is 24.2. The Hall–Kier alpha value is -4.45. The maximum atomic E-state index is 12.8. The number of ether oxygens (including phenoxy) is 1. The minimum Gasteiger partial charge on any atom is -0.493 e. The standard InChI is InChI=1S/C28H27N3O3/c1-2-20-34-26-19-10-9-17-24(26)21-29-31-28(33)25(18-11-14-22-12-5-3-6-13-22)30-27(32)23-15-7-4-8-16-23/h3-19,21H,2,20H2,1H3,(H,30,32)(H,31,33)/b14-11+,25-18-,29-21?. The molecule has 0 atom stereocenters. The second-order valence-electron chi connectivity index (χ2n) is 7.26. The highest BCUT2D eigenvalue weighted by Crippen LogP contribution is 2.16. The van der Waals surface area contributed by atoms with Crippen molar-refractivity contribution in [3.8, 4) is 5.75 Å². The summed E-state index contributed by atoms with van der Waals surface area (Å²) in [6, 6.07) is 25.8. The molecule has 0 aliphatic heterocycles. The highest BCUT2D eigenvalue weighted by atomic mass is 16.5. The van der Waals surface area contributed by atoms with Gasteiger partial charge in [0.25, 0.3) is 11.8 Å². The molecule has 6 heteroatoms. The smallest absolute Gasteiger partial charge is 0.287 e. The van der Waals surface area contributed by atoms with Crippen LogP contribution in [0.1, 0.15) is 34.8 Å². The number of rotatable bonds is 10. The topological polar surface area (TPSA) is 79.8 Å². The summed E-state index contributed by atoms with van der Waals surface area (Å²) in [6.45, 7) is 2.62. The Labute approximate surface area is 199 Å². The normalized spacial score (nSPS) is 11.5. The lowest BCUT2D eigenvalue weighted by Crippen LogP contribution is -2.32. The summed E-state index contributed by atoms with van der Waals surface area (Å²) in [5, 5.41) is 6.72. The van der Waals surface area contributed by atoms with Crippen molar-refractivity contribution in [2.45, 2.75) is 13.3 Å². The quantitative estimate of drug-likeness (QED) is 0.197. The van der Waals surface area contributed by atoms with Gasteiger partial charge in [-0.15, -0.1) is 0 Å². The van der Waals surface area contributed by atoms with Gasteiger partial charge in [-0.3, -0.25) is 9.59 Å². The molecule has 34 heavy (non-hydrogen) atoms. The van der Waals surface area contributed by atoms with Crippen molar-refractivity contribution >= 4 is 24.1 Å². The molecule has 3 aromatic rings. The van der Waals surface area contributed by atoms with Crippen molar-refractivity contribution in [2.75, 3.05) is 6.61 Å². The lowest BCUT2D eigenvalue weighted by molar-refractivity contribution is -0.117. The molecule has 0 bridgehead atoms. The fourth-order valence-corrected chi connectivity index (χ4v) is 2.93. The van der Waals surface area contributed by atoms with E-state index in [4.69, 9.17) is 4.74 Å². The number of benzene rings is 3. The van der Waals surface area contributed by atoms with Crippen molar-refractivity contribution in [3.63, 3.8) is 0 Å². The zero-order valence-electron chi connectivity index (χ0n) is 19.0. The summed E-state index contributed by atoms with van der Waals surface area (Å²) in [5.41, 5.74) is 4.69. The Bertz CT molecular complexity index is 1170. The molecule has 0 aliphatic carbocycles. The maximum Gasteiger partial charge on any atom is 0.287 e. The van der Waals surface area contributed by atoms with Crippen LogP contribution >= 0.6 is 0 Å². The van der Waals surface area contributed by atoms with E-state index in [2.05, 4.69) is 15.8 Å². The molecule has 2 amide bonds. The minimum absolute atomic E-state index is 0.0636. The van der Waals surface area contributed by atoms with Crippen molar-refractivity contribution in [1.82, 2.24) is 10.7 Å². The number of hydrogen-bond donors (Lipinski definition) is 2. The van der Waals surface area contributed by atoms with Crippen LogP contribution in [-0.2, 0) is 4.79 Å². The minimum atomic E-state index is -0.551. The summed E-state index contributed by atoms with van der Waals surface area (Å²) in [4.78, 5) is 25.4. The van der Waals surface area contributed by atoms with Crippen LogP contribution in [0.25, 0.3) is 6.08 Å². The number of hydrazone groups is 1. The zero-order valence-corrected chi connectivity index (χ0v) is 19.0. The Kier molecular flexibility index (Phi) is 9.38. The van der Waals surface area contributed by atoms with E-state index in [9.17, 15) is 9.59 Å². The molecule has 0 saturated heterocycles. The molecule has 172 valence electrons. The van der Waals surface area contributed by atoms with Gasteiger partial charge in [-0.2, -0.15) is 5.10 Å². The van der Waals surface area contributed by atoms with E-state index in [1.165, 1.54) is 12.3 Å². The van der Waals surface area contributed by atoms with Gasteiger partial charge in [0.1, 0.15) is 11.4 Å². The summed E-state index contributed by atoms with van der Waals surface area (Å²) >= 11 is 0. The summed E-state index contributed by atoms with van der Waals surface area (Å²) < 4.78 is 5.71. The van der Waals surface area contributed by atoms with Crippen molar-refractivity contribution in [3.05, 3.63) is 119 Å². The Morgan fingerprint density at radius 1 is 0.912 bits per heavy atom. The van der Waals surface area contributed by atoms with E-state index >= 15 is 0 Å². The average Bonchev–Trinajstić information content (AvgIpc) is 2.88. The van der Waals surface area contributed by atoms with Gasteiger partial charge < -0.3 is 10.1 Å². The third-order valence-corrected chi connectivity index (χ3v) is 4.63. The summed E-state index contributed by atoms with van der Waals surface area (Å²) in [7, 11) is 0. The lowest BCUT2D eigenvalue weighted by Gasteiger charge is -2.09. The van der Waals surface area contributed by atoms with Gasteiger partial charge in [0, 0.05) is 11.1 Å². The third kappa shape index (κ3) is 7.60. The van der Waals surface area contributed by atoms with Crippen molar-refractivity contribution < 1.29 is 14.3 Å². The Morgan fingerprint density at radius 2 is 1.59 bits per heavy atom. The molecule has 0 saturated carbocycles. The van der Waals surface area contributed by atoms with Gasteiger partial charge in [-0.1, -0.05) is 79.7 Å². The van der Waals surface area contributed by atoms with E-state index in [1.54, 1.807) is 30.3 Å². The first-order valence-electron chi connectivity index (χ1n) is 11.0. The predicted octanol–water partition coefficient (Wildman–Crippen LogP) is 4.95. The number of carbonyl (C=O) groups is 2. The molecule has 0 radical (unpaired) electrons. The number of nitrogens with zero attached hydrogens (tertiary/aromatic N) is 1. The summed E-state index contributed by atoms with van der Waals surface area (Å²) in [6.07, 6.45) is 7.48. The molecule has 0 spiro atoms. The van der Waals surface area contributed by atoms with Crippen LogP contribution in [0, 0.1) is 0 Å². The number of amides is 2. The first-order chi connectivity index (χ1) is 16.7. The van der Waals surface area contributed by atoms with Gasteiger partial charge in [0.2, 0.25) is 0 Å². The van der Waals surface area contributed by atoms with E-state index in [0.29, 0.717) is 17.9 Å². The molecule has 6 nitrogen and oxygen atoms in total. The third-order valence-electron chi connectivity index (χ3n) is 4.63. The zero-order chi connectivity index (χ0) is 24.0. The van der Waals surface area contributed by atoms with Gasteiger partial charge >= 0.3 is 0 Å². The molecule has 0 aromatic heterocycles. The molecular weight excluding hydrogens is 426 g/mol. The number of allylic oxidation sites excluding steroid dienone is 2. The fraction of sp³-hybridized carbons (Fsp3) is 0.107. The van der Waals surface area contributed by atoms with Crippen molar-refractivity contribution in [1.29, 1.82) is 0 Å². The van der Waals surface area contributed by atoms with Gasteiger partial charge in [-0.05, 0) is 42.3 Å². The van der Waals surface area contributed by atoms with Crippen LogP contribution in [-0.4, -0.2) is 24.6 Å². The van der Waals surface area contributed by atoms with Crippen molar-refractivity contribution in [2.24, 2.45) is 5.10 Å². The first-order valence-corrected chi connectivity index (χ1v) is 11.0. The molecular formula is C28H27N3O3. The van der Waals surface area contributed by atoms with Crippen LogP contribution in [0.3, 0.4) is 0 Å². The molecule has 0 unspecified atom stereocenters. The largest absolute Gasteiger partial charge is 0.493 e. The average molecular weight is 454 g/mol. The van der Waals surface area contributed by atoms with E-state index < -0.39 is 11.8 Å². The second-order valence-corrected chi connectivity index (χ2v) is 7.26. The lowest BCUT2D eigenvalue weighted by atomic mass is 10.2. The van der Waals surface area contributed by atoms with Gasteiger partial charge in [0.05, 0.1) is 12.8 Å². The number of nitrogens with one attached hydrogen (secondary N) is 2. The molecule has 3 rings (SSSR count). The van der Waals surface area contributed by atoms with Crippen LogP contribution in [0.4, 0.5) is 0 Å².